The Balaban J connectivity index is 1.22. The van der Waals surface area contributed by atoms with Crippen molar-refractivity contribution in [1.82, 2.24) is 35.3 Å². The fourth-order valence-corrected chi connectivity index (χ4v) is 4.88. The van der Waals surface area contributed by atoms with E-state index in [1.165, 1.54) is 18.5 Å². The molecule has 1 saturated carbocycles. The van der Waals surface area contributed by atoms with Crippen molar-refractivity contribution in [1.29, 1.82) is 0 Å². The lowest BCUT2D eigenvalue weighted by Crippen LogP contribution is -2.49. The second kappa shape index (κ2) is 9.83. The van der Waals surface area contributed by atoms with Gasteiger partial charge in [0.25, 0.3) is 5.91 Å². The highest BCUT2D eigenvalue weighted by atomic mass is 35.5. The predicted octanol–water partition coefficient (Wildman–Crippen LogP) is 4.46. The Hall–Kier alpha value is -4.64. The van der Waals surface area contributed by atoms with Crippen LogP contribution in [0.15, 0.2) is 59.4 Å². The normalized spacial score (nSPS) is 13.8. The van der Waals surface area contributed by atoms with E-state index in [9.17, 15) is 9.59 Å². The summed E-state index contributed by atoms with van der Waals surface area (Å²) in [6.45, 7) is 3.38. The summed E-state index contributed by atoms with van der Waals surface area (Å²) in [5, 5.41) is 10.7. The number of carbonyl (C=O) groups is 2. The number of hydrogen-bond donors (Lipinski definition) is 2. The third-order valence-corrected chi connectivity index (χ3v) is 7.22. The van der Waals surface area contributed by atoms with Crippen molar-refractivity contribution >= 4 is 34.3 Å². The molecular weight excluding hydrogens is 537 g/mol. The zero-order chi connectivity index (χ0) is 28.0. The largest absolute Gasteiger partial charge is 0.350 e. The Labute approximate surface area is 232 Å². The molecular formula is C28H23ClFN7O3. The van der Waals surface area contributed by atoms with Crippen molar-refractivity contribution in [3.8, 4) is 17.2 Å². The average Bonchev–Trinajstić information content (AvgIpc) is 3.51. The van der Waals surface area contributed by atoms with Crippen LogP contribution in [0.4, 0.5) is 4.39 Å². The standard InChI is InChI=1S/C28H23ClFN7O3/c1-15-12-32-21(14-31-15)26(38)35-28(9-10-28)27(39)33-13-17-7-8-18(11-20(17)30)37-22-6-4-3-5-19(22)23(29)24(37)25-34-16(2)40-36-25/h3-8,11-12,14H,9-10,13H2,1-2H3,(H,33,39)(H,35,38). The van der Waals surface area contributed by atoms with E-state index < -0.39 is 17.3 Å². The minimum atomic E-state index is -1.04. The van der Waals surface area contributed by atoms with E-state index in [1.54, 1.807) is 30.5 Å². The lowest BCUT2D eigenvalue weighted by atomic mass is 10.1. The van der Waals surface area contributed by atoms with Gasteiger partial charge in [-0.25, -0.2) is 9.37 Å². The molecule has 6 rings (SSSR count). The summed E-state index contributed by atoms with van der Waals surface area (Å²) < 4.78 is 22.3. The predicted molar refractivity (Wildman–Crippen MR) is 144 cm³/mol. The van der Waals surface area contributed by atoms with Crippen molar-refractivity contribution in [3.05, 3.63) is 88.5 Å². The fourth-order valence-electron chi connectivity index (χ4n) is 4.55. The number of hydrogen-bond acceptors (Lipinski definition) is 7. The van der Waals surface area contributed by atoms with Crippen molar-refractivity contribution in [3.63, 3.8) is 0 Å². The van der Waals surface area contributed by atoms with Gasteiger partial charge in [-0.1, -0.05) is 41.0 Å². The van der Waals surface area contributed by atoms with Crippen LogP contribution in [0.25, 0.3) is 28.1 Å². The van der Waals surface area contributed by atoms with Crippen molar-refractivity contribution in [2.24, 2.45) is 0 Å². The first-order valence-electron chi connectivity index (χ1n) is 12.5. The van der Waals surface area contributed by atoms with Crippen LogP contribution in [-0.2, 0) is 11.3 Å². The van der Waals surface area contributed by atoms with E-state index in [2.05, 4.69) is 30.7 Å². The highest BCUT2D eigenvalue weighted by Gasteiger charge is 2.51. The number of halogens is 2. The Morgan fingerprint density at radius 1 is 1.12 bits per heavy atom. The molecule has 0 radical (unpaired) electrons. The van der Waals surface area contributed by atoms with E-state index in [4.69, 9.17) is 16.1 Å². The molecule has 3 aromatic heterocycles. The minimum Gasteiger partial charge on any atom is -0.350 e. The van der Waals surface area contributed by atoms with Crippen LogP contribution in [-0.4, -0.2) is 42.0 Å². The summed E-state index contributed by atoms with van der Waals surface area (Å²) in [5.41, 5.74) is 1.76. The third kappa shape index (κ3) is 4.58. The number of para-hydroxylation sites is 1. The SMILES string of the molecule is Cc1cnc(C(=O)NC2(C(=O)NCc3ccc(-n4c(-c5noc(C)n5)c(Cl)c5ccccc54)cc3F)CC2)cn1. The molecule has 5 aromatic rings. The van der Waals surface area contributed by atoms with Crippen LogP contribution < -0.4 is 10.6 Å². The molecule has 0 unspecified atom stereocenters. The average molecular weight is 560 g/mol. The highest BCUT2D eigenvalue weighted by molar-refractivity contribution is 6.38. The van der Waals surface area contributed by atoms with E-state index in [1.807, 2.05) is 24.3 Å². The van der Waals surface area contributed by atoms with Gasteiger partial charge in [0.2, 0.25) is 17.6 Å². The van der Waals surface area contributed by atoms with E-state index in [0.717, 1.165) is 10.9 Å². The second-order valence-electron chi connectivity index (χ2n) is 9.69. The molecule has 0 saturated heterocycles. The molecule has 1 aliphatic rings. The summed E-state index contributed by atoms with van der Waals surface area (Å²) in [6, 6.07) is 12.1. The molecule has 10 nitrogen and oxygen atoms in total. The summed E-state index contributed by atoms with van der Waals surface area (Å²) in [6.07, 6.45) is 3.80. The van der Waals surface area contributed by atoms with Crippen LogP contribution in [0.2, 0.25) is 5.02 Å². The summed E-state index contributed by atoms with van der Waals surface area (Å²) in [7, 11) is 0. The van der Waals surface area contributed by atoms with Gasteiger partial charge < -0.3 is 19.7 Å². The first kappa shape index (κ1) is 25.6. The lowest BCUT2D eigenvalue weighted by Gasteiger charge is -2.17. The molecule has 2 aromatic carbocycles. The topological polar surface area (TPSA) is 128 Å². The molecule has 2 N–H and O–H groups in total. The quantitative estimate of drug-likeness (QED) is 0.301. The van der Waals surface area contributed by atoms with Crippen LogP contribution in [0.3, 0.4) is 0 Å². The molecule has 40 heavy (non-hydrogen) atoms. The van der Waals surface area contributed by atoms with Gasteiger partial charge in [-0.2, -0.15) is 4.98 Å². The molecule has 2 amide bonds. The van der Waals surface area contributed by atoms with Gasteiger partial charge in [-0.15, -0.1) is 0 Å². The number of amides is 2. The van der Waals surface area contributed by atoms with E-state index in [-0.39, 0.29) is 29.5 Å². The zero-order valence-corrected chi connectivity index (χ0v) is 22.3. The maximum Gasteiger partial charge on any atom is 0.272 e. The Morgan fingerprint density at radius 3 is 2.60 bits per heavy atom. The number of benzene rings is 2. The number of nitrogens with zero attached hydrogens (tertiary/aromatic N) is 5. The number of fused-ring (bicyclic) bond motifs is 1. The Morgan fingerprint density at radius 2 is 1.93 bits per heavy atom. The molecule has 0 spiro atoms. The van der Waals surface area contributed by atoms with Crippen molar-refractivity contribution < 1.29 is 18.5 Å². The summed E-state index contributed by atoms with van der Waals surface area (Å²) in [4.78, 5) is 38.0. The maximum absolute atomic E-state index is 15.4. The van der Waals surface area contributed by atoms with Crippen LogP contribution in [0.1, 0.15) is 40.5 Å². The number of aromatic nitrogens is 5. The third-order valence-electron chi connectivity index (χ3n) is 6.84. The van der Waals surface area contributed by atoms with Gasteiger partial charge in [-0.05, 0) is 38.0 Å². The summed E-state index contributed by atoms with van der Waals surface area (Å²) in [5.74, 6) is -0.741. The first-order chi connectivity index (χ1) is 19.3. The van der Waals surface area contributed by atoms with Crippen LogP contribution in [0, 0.1) is 19.7 Å². The van der Waals surface area contributed by atoms with Gasteiger partial charge in [-0.3, -0.25) is 14.6 Å². The van der Waals surface area contributed by atoms with Crippen LogP contribution in [0.5, 0.6) is 0 Å². The highest BCUT2D eigenvalue weighted by Crippen LogP contribution is 2.39. The van der Waals surface area contributed by atoms with Crippen molar-refractivity contribution in [2.45, 2.75) is 38.8 Å². The van der Waals surface area contributed by atoms with E-state index in [0.29, 0.717) is 40.8 Å². The van der Waals surface area contributed by atoms with E-state index >= 15 is 4.39 Å². The molecule has 1 aliphatic carbocycles. The summed E-state index contributed by atoms with van der Waals surface area (Å²) >= 11 is 6.72. The number of nitrogens with one attached hydrogen (secondary N) is 2. The fraction of sp³-hybridized carbons (Fsp3) is 0.214. The molecule has 0 bridgehead atoms. The monoisotopic (exact) mass is 559 g/mol. The Kier molecular flexibility index (Phi) is 6.30. The molecule has 3 heterocycles. The van der Waals surface area contributed by atoms with Gasteiger partial charge in [0.1, 0.15) is 22.7 Å². The first-order valence-corrected chi connectivity index (χ1v) is 12.9. The molecule has 1 fully saturated rings. The smallest absolute Gasteiger partial charge is 0.272 e. The van der Waals surface area contributed by atoms with Gasteiger partial charge in [0, 0.05) is 36.3 Å². The number of carbonyl (C=O) groups excluding carboxylic acids is 2. The number of aryl methyl sites for hydroxylation is 2. The molecule has 0 aliphatic heterocycles. The molecule has 12 heteroatoms. The second-order valence-corrected chi connectivity index (χ2v) is 10.1. The van der Waals surface area contributed by atoms with Gasteiger partial charge in [0.05, 0.1) is 22.4 Å². The lowest BCUT2D eigenvalue weighted by molar-refractivity contribution is -0.124. The van der Waals surface area contributed by atoms with Crippen molar-refractivity contribution in [2.75, 3.05) is 0 Å². The Bertz CT molecular complexity index is 1780. The van der Waals surface area contributed by atoms with Gasteiger partial charge >= 0.3 is 0 Å². The van der Waals surface area contributed by atoms with Crippen LogP contribution >= 0.6 is 11.6 Å². The zero-order valence-electron chi connectivity index (χ0n) is 21.5. The van der Waals surface area contributed by atoms with Gasteiger partial charge in [0.15, 0.2) is 0 Å². The maximum atomic E-state index is 15.4. The molecule has 0 atom stereocenters. The molecule has 202 valence electrons. The minimum absolute atomic E-state index is 0.0586. The number of rotatable bonds is 7.